The number of nitrogens with one attached hydrogen (secondary N) is 2. The molecule has 3 heterocycles. The molecule has 2 N–H and O–H groups in total. The molecule has 2 aromatic heterocycles. The maximum atomic E-state index is 13.3. The van der Waals surface area contributed by atoms with Gasteiger partial charge in [-0.05, 0) is 45.6 Å². The number of aromatic amines is 1. The SMILES string of the molecule is Cc1cc(C(C)(NC(=O)c2cc(O[C@@H](C)C(F)(F)F)c(N3CC(F)(F)C3)cn2)C2CC2)n[nH]1. The lowest BCUT2D eigenvalue weighted by Crippen LogP contribution is -2.56. The number of ether oxygens (including phenoxy) is 1. The number of carbonyl (C=O) groups is 1. The highest BCUT2D eigenvalue weighted by atomic mass is 19.4. The molecule has 33 heavy (non-hydrogen) atoms. The molecule has 0 aromatic carbocycles. The molecule has 1 saturated heterocycles. The first-order chi connectivity index (χ1) is 15.3. The molecule has 12 heteroatoms. The minimum atomic E-state index is -4.68. The van der Waals surface area contributed by atoms with E-state index in [0.29, 0.717) is 5.69 Å². The Morgan fingerprint density at radius 2 is 1.97 bits per heavy atom. The second-order valence-electron chi connectivity index (χ2n) is 8.92. The Hall–Kier alpha value is -2.92. The number of H-pyrrole nitrogens is 1. The van der Waals surface area contributed by atoms with Crippen LogP contribution in [0.1, 0.15) is 48.6 Å². The van der Waals surface area contributed by atoms with E-state index in [9.17, 15) is 26.7 Å². The molecule has 7 nitrogen and oxygen atoms in total. The summed E-state index contributed by atoms with van der Waals surface area (Å²) in [4.78, 5) is 18.2. The zero-order chi connectivity index (χ0) is 24.2. The molecule has 0 spiro atoms. The lowest BCUT2D eigenvalue weighted by Gasteiger charge is -2.41. The highest BCUT2D eigenvalue weighted by Crippen LogP contribution is 2.45. The second kappa shape index (κ2) is 7.84. The summed E-state index contributed by atoms with van der Waals surface area (Å²) in [7, 11) is 0. The Bertz CT molecular complexity index is 1040. The van der Waals surface area contributed by atoms with E-state index >= 15 is 0 Å². The van der Waals surface area contributed by atoms with Crippen LogP contribution in [0.5, 0.6) is 5.75 Å². The van der Waals surface area contributed by atoms with Crippen molar-refractivity contribution in [2.24, 2.45) is 5.92 Å². The number of halogens is 5. The molecular formula is C21H24F5N5O2. The third-order valence-electron chi connectivity index (χ3n) is 6.03. The van der Waals surface area contributed by atoms with Crippen LogP contribution in [0, 0.1) is 12.8 Å². The van der Waals surface area contributed by atoms with Crippen molar-refractivity contribution in [1.82, 2.24) is 20.5 Å². The number of anilines is 1. The molecule has 2 atom stereocenters. The molecule has 0 bridgehead atoms. The van der Waals surface area contributed by atoms with Gasteiger partial charge >= 0.3 is 6.18 Å². The summed E-state index contributed by atoms with van der Waals surface area (Å²) >= 11 is 0. The Morgan fingerprint density at radius 1 is 1.30 bits per heavy atom. The van der Waals surface area contributed by atoms with Crippen LogP contribution in [0.25, 0.3) is 0 Å². The molecule has 0 radical (unpaired) electrons. The van der Waals surface area contributed by atoms with Crippen molar-refractivity contribution in [3.63, 3.8) is 0 Å². The fourth-order valence-electron chi connectivity index (χ4n) is 3.85. The first kappa shape index (κ1) is 23.2. The van der Waals surface area contributed by atoms with Gasteiger partial charge in [-0.15, -0.1) is 0 Å². The molecule has 1 unspecified atom stereocenters. The monoisotopic (exact) mass is 473 g/mol. The van der Waals surface area contributed by atoms with Gasteiger partial charge in [0.15, 0.2) is 6.10 Å². The van der Waals surface area contributed by atoms with E-state index in [0.717, 1.165) is 42.6 Å². The van der Waals surface area contributed by atoms with E-state index in [1.807, 2.05) is 19.9 Å². The fourth-order valence-corrected chi connectivity index (χ4v) is 3.85. The van der Waals surface area contributed by atoms with Gasteiger partial charge in [0.2, 0.25) is 0 Å². The number of rotatable bonds is 7. The van der Waals surface area contributed by atoms with Crippen LogP contribution in [0.2, 0.25) is 0 Å². The number of alkyl halides is 5. The van der Waals surface area contributed by atoms with Crippen molar-refractivity contribution < 1.29 is 31.5 Å². The zero-order valence-electron chi connectivity index (χ0n) is 18.3. The van der Waals surface area contributed by atoms with Crippen LogP contribution in [-0.2, 0) is 5.54 Å². The van der Waals surface area contributed by atoms with Crippen LogP contribution in [0.3, 0.4) is 0 Å². The van der Waals surface area contributed by atoms with Gasteiger partial charge in [-0.1, -0.05) is 0 Å². The minimum Gasteiger partial charge on any atom is -0.479 e. The standard InChI is InChI=1S/C21H24F5N5O2/c1-11-6-17(30-29-11)19(3,13-4-5-13)28-18(32)14-7-16(33-12(2)21(24,25)26)15(8-27-14)31-9-20(22,23)10-31/h6-8,12-13H,4-5,9-10H2,1-3H3,(H,28,32)(H,29,30)/t12-,19?/m0/s1. The average molecular weight is 473 g/mol. The average Bonchev–Trinajstić information content (AvgIpc) is 3.46. The van der Waals surface area contributed by atoms with E-state index in [1.54, 1.807) is 0 Å². The first-order valence-corrected chi connectivity index (χ1v) is 10.5. The molecule has 1 amide bonds. The Morgan fingerprint density at radius 3 is 2.48 bits per heavy atom. The summed E-state index contributed by atoms with van der Waals surface area (Å²) < 4.78 is 71.0. The maximum absolute atomic E-state index is 13.3. The molecule has 180 valence electrons. The molecule has 1 aliphatic heterocycles. The molecule has 2 aromatic rings. The summed E-state index contributed by atoms with van der Waals surface area (Å²) in [6.45, 7) is 3.12. The van der Waals surface area contributed by atoms with Gasteiger partial charge in [-0.25, -0.2) is 13.8 Å². The largest absolute Gasteiger partial charge is 0.479 e. The van der Waals surface area contributed by atoms with Crippen LogP contribution < -0.4 is 15.0 Å². The number of hydrogen-bond acceptors (Lipinski definition) is 5. The molecule has 1 saturated carbocycles. The Balaban J connectivity index is 1.61. The molecule has 1 aliphatic carbocycles. The number of hydrogen-bond donors (Lipinski definition) is 2. The lowest BCUT2D eigenvalue weighted by atomic mass is 9.91. The third kappa shape index (κ3) is 4.74. The Kier molecular flexibility index (Phi) is 5.52. The van der Waals surface area contributed by atoms with E-state index in [2.05, 4.69) is 20.5 Å². The number of amides is 1. The zero-order valence-corrected chi connectivity index (χ0v) is 18.3. The number of aryl methyl sites for hydroxylation is 1. The minimum absolute atomic E-state index is 0.0264. The second-order valence-corrected chi connectivity index (χ2v) is 8.92. The quantitative estimate of drug-likeness (QED) is 0.595. The van der Waals surface area contributed by atoms with Gasteiger partial charge in [0, 0.05) is 11.8 Å². The fraction of sp³-hybridized carbons (Fsp3) is 0.571. The highest BCUT2D eigenvalue weighted by Gasteiger charge is 2.47. The molecule has 4 rings (SSSR count). The highest BCUT2D eigenvalue weighted by molar-refractivity contribution is 5.94. The molecule has 2 aliphatic rings. The summed E-state index contributed by atoms with van der Waals surface area (Å²) in [5.74, 6) is -3.77. The van der Waals surface area contributed by atoms with Gasteiger partial charge in [-0.3, -0.25) is 9.89 Å². The third-order valence-corrected chi connectivity index (χ3v) is 6.03. The van der Waals surface area contributed by atoms with Crippen molar-refractivity contribution in [1.29, 1.82) is 0 Å². The molecule has 2 fully saturated rings. The van der Waals surface area contributed by atoms with Gasteiger partial charge in [0.05, 0.1) is 36.2 Å². The van der Waals surface area contributed by atoms with Crippen molar-refractivity contribution >= 4 is 11.6 Å². The Labute approximate surface area is 186 Å². The number of nitrogens with zero attached hydrogens (tertiary/aromatic N) is 3. The van der Waals surface area contributed by atoms with Crippen LogP contribution in [0.4, 0.5) is 27.6 Å². The predicted molar refractivity (Wildman–Crippen MR) is 108 cm³/mol. The van der Waals surface area contributed by atoms with E-state index in [4.69, 9.17) is 4.74 Å². The topological polar surface area (TPSA) is 83.1 Å². The normalized spacial score (nSPS) is 20.5. The lowest BCUT2D eigenvalue weighted by molar-refractivity contribution is -0.189. The molecular weight excluding hydrogens is 449 g/mol. The van der Waals surface area contributed by atoms with Crippen molar-refractivity contribution in [2.75, 3.05) is 18.0 Å². The summed E-state index contributed by atoms with van der Waals surface area (Å²) in [5.41, 5.74) is 0.437. The summed E-state index contributed by atoms with van der Waals surface area (Å²) in [6.07, 6.45) is -4.02. The number of aromatic nitrogens is 3. The predicted octanol–water partition coefficient (Wildman–Crippen LogP) is 3.95. The number of pyridine rings is 1. The number of carbonyl (C=O) groups excluding carboxylic acids is 1. The van der Waals surface area contributed by atoms with Crippen LogP contribution >= 0.6 is 0 Å². The van der Waals surface area contributed by atoms with Crippen molar-refractivity contribution in [3.8, 4) is 5.75 Å². The van der Waals surface area contributed by atoms with E-state index in [1.165, 1.54) is 0 Å². The smallest absolute Gasteiger partial charge is 0.425 e. The van der Waals surface area contributed by atoms with E-state index < -0.39 is 42.7 Å². The summed E-state index contributed by atoms with van der Waals surface area (Å²) in [6, 6.07) is 2.88. The summed E-state index contributed by atoms with van der Waals surface area (Å²) in [5, 5.41) is 10.0. The van der Waals surface area contributed by atoms with Crippen molar-refractivity contribution in [3.05, 3.63) is 35.4 Å². The van der Waals surface area contributed by atoms with Crippen LogP contribution in [-0.4, -0.2) is 52.4 Å². The van der Waals surface area contributed by atoms with Gasteiger partial charge < -0.3 is 15.0 Å². The first-order valence-electron chi connectivity index (χ1n) is 10.5. The van der Waals surface area contributed by atoms with Crippen LogP contribution in [0.15, 0.2) is 18.3 Å². The van der Waals surface area contributed by atoms with Gasteiger partial charge in [-0.2, -0.15) is 18.3 Å². The van der Waals surface area contributed by atoms with E-state index in [-0.39, 0.29) is 23.0 Å². The van der Waals surface area contributed by atoms with Gasteiger partial charge in [0.25, 0.3) is 11.8 Å². The van der Waals surface area contributed by atoms with Gasteiger partial charge in [0.1, 0.15) is 11.4 Å². The van der Waals surface area contributed by atoms with Crippen molar-refractivity contribution in [2.45, 2.75) is 57.4 Å². The maximum Gasteiger partial charge on any atom is 0.425 e.